The zero-order valence-corrected chi connectivity index (χ0v) is 10.5. The minimum atomic E-state index is 0.403. The van der Waals surface area contributed by atoms with Gasteiger partial charge in [-0.3, -0.25) is 0 Å². The quantitative estimate of drug-likeness (QED) is 0.779. The maximum absolute atomic E-state index is 5.87. The number of hydrogen-bond donors (Lipinski definition) is 1. The van der Waals surface area contributed by atoms with E-state index < -0.39 is 0 Å². The van der Waals surface area contributed by atoms with Gasteiger partial charge in [-0.1, -0.05) is 35.5 Å². The van der Waals surface area contributed by atoms with Crippen molar-refractivity contribution >= 4 is 17.2 Å². The molecule has 0 radical (unpaired) electrons. The molecule has 0 amide bonds. The summed E-state index contributed by atoms with van der Waals surface area (Å²) in [6.07, 6.45) is 0.737. The van der Waals surface area contributed by atoms with Crippen LogP contribution in [0, 0.1) is 0 Å². The third kappa shape index (κ3) is 2.02. The highest BCUT2D eigenvalue weighted by Gasteiger charge is 2.15. The molecule has 0 saturated heterocycles. The standard InChI is InChI=1S/C14H12N2OS/c15-14-12(8-10-4-2-1-3-5-10)13(16-17-14)11-6-7-18-9-11/h1-7,9H,8,15H2. The number of hydrogen-bond acceptors (Lipinski definition) is 4. The summed E-state index contributed by atoms with van der Waals surface area (Å²) in [4.78, 5) is 0. The first-order chi connectivity index (χ1) is 8.84. The minimum Gasteiger partial charge on any atom is -0.367 e. The summed E-state index contributed by atoms with van der Waals surface area (Å²) in [6.45, 7) is 0. The number of rotatable bonds is 3. The number of anilines is 1. The summed E-state index contributed by atoms with van der Waals surface area (Å²) in [5.41, 5.74) is 9.93. The zero-order chi connectivity index (χ0) is 12.4. The zero-order valence-electron chi connectivity index (χ0n) is 9.67. The molecule has 0 aliphatic heterocycles. The van der Waals surface area contributed by atoms with Crippen LogP contribution in [0.25, 0.3) is 11.3 Å². The van der Waals surface area contributed by atoms with E-state index >= 15 is 0 Å². The fourth-order valence-corrected chi connectivity index (χ4v) is 2.56. The summed E-state index contributed by atoms with van der Waals surface area (Å²) in [5.74, 6) is 0.403. The van der Waals surface area contributed by atoms with Gasteiger partial charge in [0.1, 0.15) is 5.69 Å². The SMILES string of the molecule is Nc1onc(-c2ccsc2)c1Cc1ccccc1. The first kappa shape index (κ1) is 11.0. The summed E-state index contributed by atoms with van der Waals surface area (Å²) in [7, 11) is 0. The summed E-state index contributed by atoms with van der Waals surface area (Å²) in [5, 5.41) is 8.13. The van der Waals surface area contributed by atoms with Crippen molar-refractivity contribution in [1.29, 1.82) is 0 Å². The predicted molar refractivity (Wildman–Crippen MR) is 73.5 cm³/mol. The Labute approximate surface area is 109 Å². The fraction of sp³-hybridized carbons (Fsp3) is 0.0714. The molecular weight excluding hydrogens is 244 g/mol. The van der Waals surface area contributed by atoms with Crippen LogP contribution in [0.15, 0.2) is 51.7 Å². The fourth-order valence-electron chi connectivity index (χ4n) is 1.92. The van der Waals surface area contributed by atoms with E-state index in [0.29, 0.717) is 5.88 Å². The molecule has 0 atom stereocenters. The lowest BCUT2D eigenvalue weighted by Gasteiger charge is -2.01. The summed E-state index contributed by atoms with van der Waals surface area (Å²) < 4.78 is 5.12. The highest BCUT2D eigenvalue weighted by atomic mass is 32.1. The largest absolute Gasteiger partial charge is 0.367 e. The Morgan fingerprint density at radius 2 is 2.00 bits per heavy atom. The second-order valence-corrected chi connectivity index (χ2v) is 4.83. The molecule has 0 spiro atoms. The molecule has 0 fully saturated rings. The third-order valence-electron chi connectivity index (χ3n) is 2.84. The van der Waals surface area contributed by atoms with E-state index in [2.05, 4.69) is 17.3 Å². The van der Waals surface area contributed by atoms with Crippen LogP contribution in [0.5, 0.6) is 0 Å². The molecule has 0 unspecified atom stereocenters. The predicted octanol–water partition coefficient (Wildman–Crippen LogP) is 3.58. The molecule has 4 heteroatoms. The van der Waals surface area contributed by atoms with Gasteiger partial charge in [-0.05, 0) is 17.0 Å². The van der Waals surface area contributed by atoms with Gasteiger partial charge in [-0.25, -0.2) is 0 Å². The molecule has 2 N–H and O–H groups in total. The summed E-state index contributed by atoms with van der Waals surface area (Å²) >= 11 is 1.64. The Hall–Kier alpha value is -2.07. The molecule has 1 aromatic carbocycles. The van der Waals surface area contributed by atoms with Crippen molar-refractivity contribution in [3.63, 3.8) is 0 Å². The Morgan fingerprint density at radius 1 is 1.17 bits per heavy atom. The number of nitrogen functional groups attached to an aromatic ring is 1. The number of benzene rings is 1. The van der Waals surface area contributed by atoms with Crippen LogP contribution in [-0.4, -0.2) is 5.16 Å². The molecule has 0 saturated carbocycles. The van der Waals surface area contributed by atoms with Gasteiger partial charge < -0.3 is 10.3 Å². The van der Waals surface area contributed by atoms with Gasteiger partial charge in [0.05, 0.1) is 0 Å². The van der Waals surface area contributed by atoms with Gasteiger partial charge in [0.15, 0.2) is 0 Å². The van der Waals surface area contributed by atoms with E-state index in [1.807, 2.05) is 35.0 Å². The molecule has 18 heavy (non-hydrogen) atoms. The van der Waals surface area contributed by atoms with Crippen LogP contribution in [-0.2, 0) is 6.42 Å². The molecule has 3 aromatic rings. The maximum atomic E-state index is 5.87. The second kappa shape index (κ2) is 4.66. The first-order valence-electron chi connectivity index (χ1n) is 5.65. The Balaban J connectivity index is 1.99. The van der Waals surface area contributed by atoms with Gasteiger partial charge in [-0.15, -0.1) is 0 Å². The van der Waals surface area contributed by atoms with Crippen molar-refractivity contribution in [3.8, 4) is 11.3 Å². The van der Waals surface area contributed by atoms with E-state index in [4.69, 9.17) is 10.3 Å². The number of aromatic nitrogens is 1. The molecule has 3 nitrogen and oxygen atoms in total. The normalized spacial score (nSPS) is 10.7. The molecule has 2 heterocycles. The van der Waals surface area contributed by atoms with E-state index in [1.54, 1.807) is 11.3 Å². The van der Waals surface area contributed by atoms with Crippen LogP contribution in [0.2, 0.25) is 0 Å². The molecule has 2 aromatic heterocycles. The van der Waals surface area contributed by atoms with Crippen molar-refractivity contribution in [2.24, 2.45) is 0 Å². The first-order valence-corrected chi connectivity index (χ1v) is 6.59. The highest BCUT2D eigenvalue weighted by Crippen LogP contribution is 2.30. The van der Waals surface area contributed by atoms with Crippen LogP contribution < -0.4 is 5.73 Å². The molecule has 0 bridgehead atoms. The maximum Gasteiger partial charge on any atom is 0.226 e. The van der Waals surface area contributed by atoms with Gasteiger partial charge in [-0.2, -0.15) is 11.3 Å². The topological polar surface area (TPSA) is 52.0 Å². The molecule has 90 valence electrons. The van der Waals surface area contributed by atoms with E-state index in [1.165, 1.54) is 5.56 Å². The van der Waals surface area contributed by atoms with Gasteiger partial charge in [0.25, 0.3) is 0 Å². The van der Waals surface area contributed by atoms with Crippen LogP contribution in [0.1, 0.15) is 11.1 Å². The number of nitrogens with two attached hydrogens (primary N) is 1. The van der Waals surface area contributed by atoms with Crippen molar-refractivity contribution in [1.82, 2.24) is 5.16 Å². The van der Waals surface area contributed by atoms with Gasteiger partial charge in [0.2, 0.25) is 5.88 Å². The lowest BCUT2D eigenvalue weighted by atomic mass is 10.0. The van der Waals surface area contributed by atoms with E-state index in [-0.39, 0.29) is 0 Å². The molecular formula is C14H12N2OS. The Kier molecular flexibility index (Phi) is 2.86. The van der Waals surface area contributed by atoms with E-state index in [0.717, 1.165) is 23.2 Å². The van der Waals surface area contributed by atoms with E-state index in [9.17, 15) is 0 Å². The summed E-state index contributed by atoms with van der Waals surface area (Å²) in [6, 6.07) is 12.2. The molecule has 0 aliphatic rings. The molecule has 0 aliphatic carbocycles. The lowest BCUT2D eigenvalue weighted by molar-refractivity contribution is 0.438. The molecule has 3 rings (SSSR count). The van der Waals surface area contributed by atoms with Crippen LogP contribution in [0.4, 0.5) is 5.88 Å². The third-order valence-corrected chi connectivity index (χ3v) is 3.52. The lowest BCUT2D eigenvalue weighted by Crippen LogP contribution is -1.93. The minimum absolute atomic E-state index is 0.403. The van der Waals surface area contributed by atoms with Crippen LogP contribution >= 0.6 is 11.3 Å². The number of nitrogens with zero attached hydrogens (tertiary/aromatic N) is 1. The van der Waals surface area contributed by atoms with Crippen molar-refractivity contribution in [3.05, 3.63) is 58.3 Å². The van der Waals surface area contributed by atoms with Crippen LogP contribution in [0.3, 0.4) is 0 Å². The van der Waals surface area contributed by atoms with Gasteiger partial charge >= 0.3 is 0 Å². The Morgan fingerprint density at radius 3 is 2.72 bits per heavy atom. The van der Waals surface area contributed by atoms with Gasteiger partial charge in [0, 0.05) is 22.9 Å². The second-order valence-electron chi connectivity index (χ2n) is 4.05. The Bertz CT molecular complexity index is 629. The van der Waals surface area contributed by atoms with Crippen molar-refractivity contribution in [2.75, 3.05) is 5.73 Å². The monoisotopic (exact) mass is 256 g/mol. The average molecular weight is 256 g/mol. The number of thiophene rings is 1. The smallest absolute Gasteiger partial charge is 0.226 e. The average Bonchev–Trinajstić information content (AvgIpc) is 3.02. The van der Waals surface area contributed by atoms with Crippen molar-refractivity contribution < 1.29 is 4.52 Å². The van der Waals surface area contributed by atoms with Crippen molar-refractivity contribution in [2.45, 2.75) is 6.42 Å². The highest BCUT2D eigenvalue weighted by molar-refractivity contribution is 7.08.